The van der Waals surface area contributed by atoms with Gasteiger partial charge in [-0.25, -0.2) is 0 Å². The Kier molecular flexibility index (Phi) is 2.84. The van der Waals surface area contributed by atoms with Crippen LogP contribution in [0.15, 0.2) is 30.5 Å². The molecule has 1 atom stereocenters. The summed E-state index contributed by atoms with van der Waals surface area (Å²) in [6.07, 6.45) is 2.52. The lowest BCUT2D eigenvalue weighted by Crippen LogP contribution is -2.19. The first-order valence-corrected chi connectivity index (χ1v) is 5.89. The summed E-state index contributed by atoms with van der Waals surface area (Å²) in [4.78, 5) is 3.23. The molecule has 3 N–H and O–H groups in total. The number of ether oxygens (including phenoxy) is 2. The average Bonchev–Trinajstić information content (AvgIpc) is 2.96. The molecule has 1 aliphatic heterocycles. The molecule has 2 aromatic rings. The molecule has 0 amide bonds. The summed E-state index contributed by atoms with van der Waals surface area (Å²) < 4.78 is 10.8. The van der Waals surface area contributed by atoms with Crippen LogP contribution >= 0.6 is 0 Å². The van der Waals surface area contributed by atoms with E-state index in [1.165, 1.54) is 5.39 Å². The second kappa shape index (κ2) is 4.49. The van der Waals surface area contributed by atoms with Crippen molar-refractivity contribution in [2.75, 3.05) is 13.2 Å². The van der Waals surface area contributed by atoms with E-state index in [0.29, 0.717) is 19.6 Å². The summed E-state index contributed by atoms with van der Waals surface area (Å²) in [5.74, 6) is 0. The van der Waals surface area contributed by atoms with Gasteiger partial charge in [0, 0.05) is 29.6 Å². The first-order chi connectivity index (χ1) is 8.34. The van der Waals surface area contributed by atoms with Crippen LogP contribution in [0.5, 0.6) is 0 Å². The first kappa shape index (κ1) is 10.8. The Bertz CT molecular complexity index is 503. The Morgan fingerprint density at radius 2 is 2.06 bits per heavy atom. The summed E-state index contributed by atoms with van der Waals surface area (Å²) in [5.41, 5.74) is 8.45. The lowest BCUT2D eigenvalue weighted by atomic mass is 10.0. The number of hydrogen-bond donors (Lipinski definition) is 2. The van der Waals surface area contributed by atoms with Gasteiger partial charge in [0.25, 0.3) is 0 Å². The quantitative estimate of drug-likeness (QED) is 0.850. The maximum atomic E-state index is 6.21. The molecule has 1 aliphatic rings. The van der Waals surface area contributed by atoms with E-state index < -0.39 is 0 Å². The van der Waals surface area contributed by atoms with Crippen molar-refractivity contribution < 1.29 is 9.47 Å². The number of hydrogen-bond acceptors (Lipinski definition) is 3. The van der Waals surface area contributed by atoms with Crippen molar-refractivity contribution in [1.82, 2.24) is 4.98 Å². The summed E-state index contributed by atoms with van der Waals surface area (Å²) in [5, 5.41) is 1.18. The van der Waals surface area contributed by atoms with Crippen molar-refractivity contribution in [3.63, 3.8) is 0 Å². The molecule has 0 radical (unpaired) electrons. The number of H-pyrrole nitrogens is 1. The molecule has 4 heteroatoms. The first-order valence-electron chi connectivity index (χ1n) is 5.89. The van der Waals surface area contributed by atoms with Crippen LogP contribution in [0.3, 0.4) is 0 Å². The van der Waals surface area contributed by atoms with Crippen LogP contribution in [0.1, 0.15) is 18.0 Å². The highest BCUT2D eigenvalue weighted by Gasteiger charge is 2.21. The van der Waals surface area contributed by atoms with Gasteiger partial charge in [-0.05, 0) is 11.6 Å². The van der Waals surface area contributed by atoms with Crippen molar-refractivity contribution in [3.05, 3.63) is 36.0 Å². The van der Waals surface area contributed by atoms with E-state index in [-0.39, 0.29) is 12.3 Å². The van der Waals surface area contributed by atoms with Gasteiger partial charge in [-0.2, -0.15) is 0 Å². The minimum absolute atomic E-state index is 0.0609. The zero-order valence-electron chi connectivity index (χ0n) is 9.56. The van der Waals surface area contributed by atoms with Crippen LogP contribution in [0.4, 0.5) is 0 Å². The van der Waals surface area contributed by atoms with E-state index in [2.05, 4.69) is 11.1 Å². The Morgan fingerprint density at radius 1 is 1.29 bits per heavy atom. The molecule has 90 valence electrons. The average molecular weight is 232 g/mol. The summed E-state index contributed by atoms with van der Waals surface area (Å²) >= 11 is 0. The van der Waals surface area contributed by atoms with E-state index in [1.807, 2.05) is 24.4 Å². The van der Waals surface area contributed by atoms with Gasteiger partial charge in [-0.1, -0.05) is 18.2 Å². The molecule has 0 bridgehead atoms. The molecule has 0 aliphatic carbocycles. The van der Waals surface area contributed by atoms with E-state index in [4.69, 9.17) is 15.2 Å². The second-order valence-corrected chi connectivity index (χ2v) is 4.30. The van der Waals surface area contributed by atoms with Gasteiger partial charge in [-0.15, -0.1) is 0 Å². The van der Waals surface area contributed by atoms with Crippen LogP contribution in [-0.4, -0.2) is 24.5 Å². The van der Waals surface area contributed by atoms with Crippen LogP contribution < -0.4 is 5.73 Å². The molecule has 1 aromatic carbocycles. The van der Waals surface area contributed by atoms with Crippen LogP contribution in [0, 0.1) is 0 Å². The third-order valence-electron chi connectivity index (χ3n) is 3.16. The highest BCUT2D eigenvalue weighted by Crippen LogP contribution is 2.26. The number of aromatic amines is 1. The number of fused-ring (bicyclic) bond motifs is 1. The SMILES string of the molecule is NC(CC1OCCO1)c1c[nH]c2ccccc12. The topological polar surface area (TPSA) is 60.3 Å². The van der Waals surface area contributed by atoms with Crippen LogP contribution in [0.2, 0.25) is 0 Å². The van der Waals surface area contributed by atoms with E-state index in [9.17, 15) is 0 Å². The van der Waals surface area contributed by atoms with Crippen LogP contribution in [0.25, 0.3) is 10.9 Å². The highest BCUT2D eigenvalue weighted by molar-refractivity contribution is 5.83. The van der Waals surface area contributed by atoms with E-state index in [1.54, 1.807) is 0 Å². The number of aromatic nitrogens is 1. The second-order valence-electron chi connectivity index (χ2n) is 4.30. The number of benzene rings is 1. The monoisotopic (exact) mass is 232 g/mol. The smallest absolute Gasteiger partial charge is 0.159 e. The van der Waals surface area contributed by atoms with Crippen molar-refractivity contribution in [2.45, 2.75) is 18.8 Å². The van der Waals surface area contributed by atoms with E-state index >= 15 is 0 Å². The molecular weight excluding hydrogens is 216 g/mol. The molecule has 0 spiro atoms. The molecule has 2 heterocycles. The molecule has 3 rings (SSSR count). The molecule has 1 unspecified atom stereocenters. The van der Waals surface area contributed by atoms with Crippen molar-refractivity contribution >= 4 is 10.9 Å². The fourth-order valence-corrected chi connectivity index (χ4v) is 2.28. The van der Waals surface area contributed by atoms with Gasteiger partial charge in [0.05, 0.1) is 13.2 Å². The highest BCUT2D eigenvalue weighted by atomic mass is 16.7. The van der Waals surface area contributed by atoms with Gasteiger partial charge < -0.3 is 20.2 Å². The Balaban J connectivity index is 1.82. The molecule has 17 heavy (non-hydrogen) atoms. The number of para-hydroxylation sites is 1. The Hall–Kier alpha value is -1.36. The summed E-state index contributed by atoms with van der Waals surface area (Å²) in [6, 6.07) is 8.10. The van der Waals surface area contributed by atoms with Gasteiger partial charge >= 0.3 is 0 Å². The maximum absolute atomic E-state index is 6.21. The summed E-state index contributed by atoms with van der Waals surface area (Å²) in [7, 11) is 0. The van der Waals surface area contributed by atoms with Crippen molar-refractivity contribution in [2.24, 2.45) is 5.73 Å². The predicted molar refractivity (Wildman–Crippen MR) is 65.5 cm³/mol. The molecule has 1 aromatic heterocycles. The van der Waals surface area contributed by atoms with Gasteiger partial charge in [-0.3, -0.25) is 0 Å². The lowest BCUT2D eigenvalue weighted by molar-refractivity contribution is -0.0506. The van der Waals surface area contributed by atoms with Gasteiger partial charge in [0.2, 0.25) is 0 Å². The predicted octanol–water partition coefficient (Wildman–Crippen LogP) is 1.93. The number of nitrogens with one attached hydrogen (secondary N) is 1. The fourth-order valence-electron chi connectivity index (χ4n) is 2.28. The maximum Gasteiger partial charge on any atom is 0.159 e. The minimum atomic E-state index is -0.154. The normalized spacial score (nSPS) is 18.9. The summed E-state index contributed by atoms with van der Waals surface area (Å²) in [6.45, 7) is 1.34. The third-order valence-corrected chi connectivity index (χ3v) is 3.16. The number of nitrogens with two attached hydrogens (primary N) is 1. The zero-order valence-corrected chi connectivity index (χ0v) is 9.56. The minimum Gasteiger partial charge on any atom is -0.361 e. The van der Waals surface area contributed by atoms with Gasteiger partial charge in [0.15, 0.2) is 6.29 Å². The van der Waals surface area contributed by atoms with Gasteiger partial charge in [0.1, 0.15) is 0 Å². The molecule has 4 nitrogen and oxygen atoms in total. The molecule has 1 fully saturated rings. The molecule has 0 saturated carbocycles. The van der Waals surface area contributed by atoms with Crippen LogP contribution in [-0.2, 0) is 9.47 Å². The largest absolute Gasteiger partial charge is 0.361 e. The number of rotatable bonds is 3. The molecular formula is C13H16N2O2. The van der Waals surface area contributed by atoms with E-state index in [0.717, 1.165) is 11.1 Å². The Labute approximate surface area is 99.7 Å². The fraction of sp³-hybridized carbons (Fsp3) is 0.385. The lowest BCUT2D eigenvalue weighted by Gasteiger charge is -2.15. The standard InChI is InChI=1S/C13H16N2O2/c14-11(7-13-16-5-6-17-13)10-8-15-12-4-2-1-3-9(10)12/h1-4,8,11,13,15H,5-7,14H2. The van der Waals surface area contributed by atoms with Crippen molar-refractivity contribution in [3.8, 4) is 0 Å². The molecule has 1 saturated heterocycles. The Morgan fingerprint density at radius 3 is 2.88 bits per heavy atom. The van der Waals surface area contributed by atoms with Crippen molar-refractivity contribution in [1.29, 1.82) is 0 Å². The third kappa shape index (κ3) is 2.07. The zero-order chi connectivity index (χ0) is 11.7.